The van der Waals surface area contributed by atoms with E-state index in [2.05, 4.69) is 12.2 Å². The van der Waals surface area contributed by atoms with Crippen molar-refractivity contribution in [3.05, 3.63) is 0 Å². The predicted molar refractivity (Wildman–Crippen MR) is 67.4 cm³/mol. The second-order valence-electron chi connectivity index (χ2n) is 6.90. The van der Waals surface area contributed by atoms with Gasteiger partial charge in [-0.1, -0.05) is 6.92 Å². The molecule has 4 rings (SSSR count). The van der Waals surface area contributed by atoms with E-state index in [-0.39, 0.29) is 17.0 Å². The zero-order chi connectivity index (χ0) is 12.1. The standard InChI is InChI=1S/C14H24N2O/c1-2-3-12(17)16-14-7-10-4-11(8-14)6-13(15,5-10)9-14/h10-11H,2-9,15H2,1H3,(H,16,17). The second-order valence-corrected chi connectivity index (χ2v) is 6.90. The van der Waals surface area contributed by atoms with Crippen LogP contribution in [0, 0.1) is 11.8 Å². The molecule has 0 aromatic carbocycles. The van der Waals surface area contributed by atoms with Crippen molar-refractivity contribution in [1.29, 1.82) is 0 Å². The minimum Gasteiger partial charge on any atom is -0.351 e. The summed E-state index contributed by atoms with van der Waals surface area (Å²) < 4.78 is 0. The first kappa shape index (κ1) is 11.5. The molecule has 0 saturated heterocycles. The van der Waals surface area contributed by atoms with Crippen molar-refractivity contribution in [2.24, 2.45) is 17.6 Å². The van der Waals surface area contributed by atoms with Crippen LogP contribution in [0.3, 0.4) is 0 Å². The van der Waals surface area contributed by atoms with Crippen LogP contribution in [0.2, 0.25) is 0 Å². The van der Waals surface area contributed by atoms with Crippen LogP contribution in [0.5, 0.6) is 0 Å². The fourth-order valence-corrected chi connectivity index (χ4v) is 5.06. The molecule has 0 aromatic heterocycles. The maximum atomic E-state index is 11.9. The van der Waals surface area contributed by atoms with Crippen molar-refractivity contribution < 1.29 is 4.79 Å². The fraction of sp³-hybridized carbons (Fsp3) is 0.929. The van der Waals surface area contributed by atoms with Gasteiger partial charge in [0.2, 0.25) is 5.91 Å². The molecule has 17 heavy (non-hydrogen) atoms. The van der Waals surface area contributed by atoms with Gasteiger partial charge >= 0.3 is 0 Å². The normalized spacial score (nSPS) is 47.2. The Kier molecular flexibility index (Phi) is 2.51. The molecule has 4 aliphatic rings. The van der Waals surface area contributed by atoms with E-state index < -0.39 is 0 Å². The van der Waals surface area contributed by atoms with Gasteiger partial charge in [0.25, 0.3) is 0 Å². The van der Waals surface area contributed by atoms with E-state index in [0.29, 0.717) is 6.42 Å². The molecule has 0 aliphatic heterocycles. The Hall–Kier alpha value is -0.570. The van der Waals surface area contributed by atoms with Crippen LogP contribution in [-0.2, 0) is 4.79 Å². The Labute approximate surface area is 104 Å². The SMILES string of the molecule is CCCC(=O)NC12CC3CC(CC(N)(C3)C1)C2. The Morgan fingerprint density at radius 1 is 1.29 bits per heavy atom. The molecule has 0 spiro atoms. The Bertz CT molecular complexity index is 325. The summed E-state index contributed by atoms with van der Waals surface area (Å²) in [5, 5.41) is 3.33. The van der Waals surface area contributed by atoms with E-state index in [0.717, 1.165) is 24.7 Å². The van der Waals surface area contributed by atoms with E-state index in [1.165, 1.54) is 32.1 Å². The Morgan fingerprint density at radius 2 is 1.94 bits per heavy atom. The molecule has 2 unspecified atom stereocenters. The van der Waals surface area contributed by atoms with Crippen molar-refractivity contribution in [3.8, 4) is 0 Å². The van der Waals surface area contributed by atoms with Gasteiger partial charge < -0.3 is 11.1 Å². The number of carbonyl (C=O) groups excluding carboxylic acids is 1. The summed E-state index contributed by atoms with van der Waals surface area (Å²) >= 11 is 0. The number of hydrogen-bond donors (Lipinski definition) is 2. The fourth-order valence-electron chi connectivity index (χ4n) is 5.06. The van der Waals surface area contributed by atoms with Crippen LogP contribution in [-0.4, -0.2) is 17.0 Å². The first-order valence-electron chi connectivity index (χ1n) is 7.12. The summed E-state index contributed by atoms with van der Waals surface area (Å²) in [6.07, 6.45) is 8.70. The first-order chi connectivity index (χ1) is 8.03. The lowest BCUT2D eigenvalue weighted by Gasteiger charge is -2.61. The third kappa shape index (κ3) is 1.99. The Morgan fingerprint density at radius 3 is 2.47 bits per heavy atom. The molecule has 0 aromatic rings. The van der Waals surface area contributed by atoms with E-state index >= 15 is 0 Å². The highest BCUT2D eigenvalue weighted by atomic mass is 16.1. The highest BCUT2D eigenvalue weighted by Gasteiger charge is 2.56. The molecule has 1 amide bonds. The van der Waals surface area contributed by atoms with Gasteiger partial charge in [-0.3, -0.25) is 4.79 Å². The average molecular weight is 236 g/mol. The maximum absolute atomic E-state index is 11.9. The zero-order valence-electron chi connectivity index (χ0n) is 10.8. The second kappa shape index (κ2) is 3.71. The molecule has 4 saturated carbocycles. The van der Waals surface area contributed by atoms with Gasteiger partial charge in [0, 0.05) is 17.5 Å². The van der Waals surface area contributed by atoms with Crippen LogP contribution in [0.15, 0.2) is 0 Å². The van der Waals surface area contributed by atoms with Gasteiger partial charge in [0.05, 0.1) is 0 Å². The van der Waals surface area contributed by atoms with Crippen LogP contribution in [0.1, 0.15) is 58.3 Å². The summed E-state index contributed by atoms with van der Waals surface area (Å²) in [5.74, 6) is 1.77. The third-order valence-electron chi connectivity index (χ3n) is 4.99. The van der Waals surface area contributed by atoms with Crippen molar-refractivity contribution in [2.45, 2.75) is 69.4 Å². The summed E-state index contributed by atoms with van der Waals surface area (Å²) in [4.78, 5) is 11.9. The van der Waals surface area contributed by atoms with E-state index in [4.69, 9.17) is 5.73 Å². The number of nitrogens with two attached hydrogens (primary N) is 1. The van der Waals surface area contributed by atoms with E-state index in [1.54, 1.807) is 0 Å². The molecule has 0 radical (unpaired) electrons. The molecule has 4 bridgehead atoms. The van der Waals surface area contributed by atoms with Gasteiger partial charge in [-0.05, 0) is 56.8 Å². The predicted octanol–water partition coefficient (Wildman–Crippen LogP) is 1.95. The van der Waals surface area contributed by atoms with Crippen LogP contribution < -0.4 is 11.1 Å². The summed E-state index contributed by atoms with van der Waals surface area (Å²) in [6.45, 7) is 2.06. The minimum absolute atomic E-state index is 0.0313. The zero-order valence-corrected chi connectivity index (χ0v) is 10.8. The van der Waals surface area contributed by atoms with Gasteiger partial charge in [-0.2, -0.15) is 0 Å². The van der Waals surface area contributed by atoms with Gasteiger partial charge in [-0.25, -0.2) is 0 Å². The highest BCUT2D eigenvalue weighted by molar-refractivity contribution is 5.76. The van der Waals surface area contributed by atoms with Crippen LogP contribution in [0.4, 0.5) is 0 Å². The molecule has 3 N–H and O–H groups in total. The topological polar surface area (TPSA) is 55.1 Å². The smallest absolute Gasteiger partial charge is 0.220 e. The summed E-state index contributed by atoms with van der Waals surface area (Å²) in [6, 6.07) is 0. The Balaban J connectivity index is 1.76. The van der Waals surface area contributed by atoms with Crippen LogP contribution in [0.25, 0.3) is 0 Å². The summed E-state index contributed by atoms with van der Waals surface area (Å²) in [7, 11) is 0. The lowest BCUT2D eigenvalue weighted by atomic mass is 9.50. The minimum atomic E-state index is 0.0313. The largest absolute Gasteiger partial charge is 0.351 e. The molecule has 4 fully saturated rings. The molecular formula is C14H24N2O. The van der Waals surface area contributed by atoms with Crippen molar-refractivity contribution >= 4 is 5.91 Å². The van der Waals surface area contributed by atoms with E-state index in [9.17, 15) is 4.79 Å². The lowest BCUT2D eigenvalue weighted by Crippen LogP contribution is -2.68. The molecule has 96 valence electrons. The van der Waals surface area contributed by atoms with Crippen molar-refractivity contribution in [1.82, 2.24) is 5.32 Å². The maximum Gasteiger partial charge on any atom is 0.220 e. The molecule has 3 heteroatoms. The number of rotatable bonds is 3. The van der Waals surface area contributed by atoms with Gasteiger partial charge in [0.15, 0.2) is 0 Å². The van der Waals surface area contributed by atoms with Crippen LogP contribution >= 0.6 is 0 Å². The quantitative estimate of drug-likeness (QED) is 0.787. The average Bonchev–Trinajstić information content (AvgIpc) is 2.11. The number of amides is 1. The number of nitrogens with one attached hydrogen (secondary N) is 1. The molecule has 3 nitrogen and oxygen atoms in total. The van der Waals surface area contributed by atoms with E-state index in [1.807, 2.05) is 0 Å². The lowest BCUT2D eigenvalue weighted by molar-refractivity contribution is -0.127. The first-order valence-corrected chi connectivity index (χ1v) is 7.12. The number of carbonyl (C=O) groups is 1. The monoisotopic (exact) mass is 236 g/mol. The van der Waals surface area contributed by atoms with Crippen molar-refractivity contribution in [3.63, 3.8) is 0 Å². The highest BCUT2D eigenvalue weighted by Crippen LogP contribution is 2.56. The molecule has 2 atom stereocenters. The molecular weight excluding hydrogens is 212 g/mol. The van der Waals surface area contributed by atoms with Gasteiger partial charge in [0.1, 0.15) is 0 Å². The third-order valence-corrected chi connectivity index (χ3v) is 4.99. The molecule has 4 aliphatic carbocycles. The number of hydrogen-bond acceptors (Lipinski definition) is 2. The molecule has 0 heterocycles. The van der Waals surface area contributed by atoms with Crippen molar-refractivity contribution in [2.75, 3.05) is 0 Å². The van der Waals surface area contributed by atoms with Gasteiger partial charge in [-0.15, -0.1) is 0 Å². The summed E-state index contributed by atoms with van der Waals surface area (Å²) in [5.41, 5.74) is 6.60.